The summed E-state index contributed by atoms with van der Waals surface area (Å²) < 4.78 is 70.2. The van der Waals surface area contributed by atoms with Crippen LogP contribution in [0.15, 0.2) is 29.3 Å². The summed E-state index contributed by atoms with van der Waals surface area (Å²) in [7, 11) is -2.11. The third kappa shape index (κ3) is 5.43. The Morgan fingerprint density at radius 3 is 2.44 bits per heavy atom. The van der Waals surface area contributed by atoms with Crippen LogP contribution < -0.4 is 9.80 Å². The van der Waals surface area contributed by atoms with Gasteiger partial charge < -0.3 is 24.7 Å². The first kappa shape index (κ1) is 26.1. The Labute approximate surface area is 195 Å². The number of aromatic nitrogens is 2. The summed E-state index contributed by atoms with van der Waals surface area (Å²) in [6.45, 7) is 1.38. The normalized spacial score (nSPS) is 18.3. The number of aliphatic hydroxyl groups excluding tert-OH is 2. The fourth-order valence-electron chi connectivity index (χ4n) is 3.96. The number of sulfone groups is 1. The first-order valence-electron chi connectivity index (χ1n) is 10.4. The number of ether oxygens (including phenoxy) is 1. The van der Waals surface area contributed by atoms with Gasteiger partial charge in [-0.1, -0.05) is 6.07 Å². The minimum atomic E-state index is -4.75. The lowest BCUT2D eigenvalue weighted by Crippen LogP contribution is -2.58. The van der Waals surface area contributed by atoms with Gasteiger partial charge in [-0.3, -0.25) is 0 Å². The molecule has 2 heterocycles. The molecule has 9 nitrogen and oxygen atoms in total. The molecule has 1 saturated heterocycles. The molecule has 1 aromatic carbocycles. The molecule has 1 aliphatic heterocycles. The van der Waals surface area contributed by atoms with Gasteiger partial charge in [0.05, 0.1) is 30.3 Å². The number of piperazine rings is 1. The highest BCUT2D eigenvalue weighted by atomic mass is 32.2. The minimum absolute atomic E-state index is 0.0176. The second kappa shape index (κ2) is 10.0. The zero-order chi connectivity index (χ0) is 25.3. The van der Waals surface area contributed by atoms with E-state index in [1.807, 2.05) is 4.90 Å². The summed E-state index contributed by atoms with van der Waals surface area (Å²) in [6, 6.07) is 4.26. The number of nitrogens with zero attached hydrogens (tertiary/aromatic N) is 4. The van der Waals surface area contributed by atoms with Gasteiger partial charge in [-0.2, -0.15) is 13.2 Å². The molecule has 0 spiro atoms. The van der Waals surface area contributed by atoms with Gasteiger partial charge in [-0.15, -0.1) is 0 Å². The zero-order valence-electron chi connectivity index (χ0n) is 18.9. The Morgan fingerprint density at radius 1 is 1.21 bits per heavy atom. The molecule has 1 aliphatic rings. The van der Waals surface area contributed by atoms with Crippen molar-refractivity contribution in [2.24, 2.45) is 0 Å². The van der Waals surface area contributed by atoms with E-state index in [9.17, 15) is 31.8 Å². The highest BCUT2D eigenvalue weighted by Gasteiger charge is 2.38. The smallest absolute Gasteiger partial charge is 0.392 e. The van der Waals surface area contributed by atoms with Crippen LogP contribution in [0.3, 0.4) is 0 Å². The number of methoxy groups -OCH3 is 1. The van der Waals surface area contributed by atoms with Crippen LogP contribution in [0.1, 0.15) is 23.7 Å². The van der Waals surface area contributed by atoms with Gasteiger partial charge >= 0.3 is 6.18 Å². The molecule has 0 radical (unpaired) electrons. The van der Waals surface area contributed by atoms with Gasteiger partial charge in [0.25, 0.3) is 0 Å². The van der Waals surface area contributed by atoms with Crippen LogP contribution in [0.4, 0.5) is 24.8 Å². The molecule has 2 N–H and O–H groups in total. The lowest BCUT2D eigenvalue weighted by Gasteiger charge is -2.44. The molecular weight excluding hydrogens is 477 g/mol. The molecule has 13 heteroatoms. The van der Waals surface area contributed by atoms with Crippen molar-refractivity contribution in [3.63, 3.8) is 0 Å². The number of hydrogen-bond donors (Lipinski definition) is 2. The monoisotopic (exact) mass is 504 g/mol. The predicted octanol–water partition coefficient (Wildman–Crippen LogP) is 1.61. The molecule has 34 heavy (non-hydrogen) atoms. The molecule has 0 aliphatic carbocycles. The van der Waals surface area contributed by atoms with E-state index in [1.165, 1.54) is 13.2 Å². The Balaban J connectivity index is 1.97. The Morgan fingerprint density at radius 2 is 1.88 bits per heavy atom. The predicted molar refractivity (Wildman–Crippen MR) is 118 cm³/mol. The molecule has 188 valence electrons. The largest absolute Gasteiger partial charge is 0.433 e. The number of halogens is 3. The Kier molecular flexibility index (Phi) is 7.70. The maximum absolute atomic E-state index is 13.5. The Hall–Kier alpha value is -2.48. The number of hydrogen-bond acceptors (Lipinski definition) is 9. The van der Waals surface area contributed by atoms with Crippen molar-refractivity contribution in [2.75, 3.05) is 42.8 Å². The molecule has 2 atom stereocenters. The topological polar surface area (TPSA) is 116 Å². The number of rotatable bonds is 7. The summed E-state index contributed by atoms with van der Waals surface area (Å²) in [5.74, 6) is -0.134. The third-order valence-corrected chi connectivity index (χ3v) is 7.04. The van der Waals surface area contributed by atoms with Crippen molar-refractivity contribution >= 4 is 21.5 Å². The van der Waals surface area contributed by atoms with E-state index in [-0.39, 0.29) is 23.0 Å². The highest BCUT2D eigenvalue weighted by molar-refractivity contribution is 7.90. The van der Waals surface area contributed by atoms with Crippen LogP contribution in [0.5, 0.6) is 0 Å². The van der Waals surface area contributed by atoms with Crippen LogP contribution >= 0.6 is 0 Å². The summed E-state index contributed by atoms with van der Waals surface area (Å²) >= 11 is 0. The number of anilines is 2. The van der Waals surface area contributed by atoms with Crippen LogP contribution in [0, 0.1) is 0 Å². The summed E-state index contributed by atoms with van der Waals surface area (Å²) in [5, 5.41) is 18.8. The zero-order valence-corrected chi connectivity index (χ0v) is 19.8. The summed E-state index contributed by atoms with van der Waals surface area (Å²) in [6.07, 6.45) is -3.15. The first-order chi connectivity index (χ1) is 15.9. The number of aliphatic hydroxyl groups is 2. The van der Waals surface area contributed by atoms with E-state index in [2.05, 4.69) is 9.97 Å². The SMILES string of the molecule is CO[C@@H](C)C1CN(c2ccc(CO)c(S(C)(=O)=O)c2)CCN1c1ncc(CO)c(C(F)(F)F)n1. The van der Waals surface area contributed by atoms with Gasteiger partial charge in [0.1, 0.15) is 0 Å². The van der Waals surface area contributed by atoms with Gasteiger partial charge in [-0.25, -0.2) is 18.4 Å². The van der Waals surface area contributed by atoms with Crippen LogP contribution in [0.2, 0.25) is 0 Å². The van der Waals surface area contributed by atoms with Crippen molar-refractivity contribution in [1.82, 2.24) is 9.97 Å². The van der Waals surface area contributed by atoms with E-state index in [0.717, 1.165) is 12.5 Å². The standard InChI is InChI=1S/C21H27F3N4O5S/c1-13(33-2)17-10-27(16-5-4-14(11-29)18(8-16)34(3,31)32)6-7-28(17)20-25-9-15(12-30)19(26-20)21(22,23)24/h4-5,8-9,13,17,29-30H,6-7,10-12H2,1-3H3/t13-,17?/m0/s1. The number of benzene rings is 1. The molecule has 0 amide bonds. The van der Waals surface area contributed by atoms with E-state index >= 15 is 0 Å². The van der Waals surface area contributed by atoms with E-state index in [4.69, 9.17) is 4.74 Å². The van der Waals surface area contributed by atoms with Gasteiger partial charge in [0, 0.05) is 50.4 Å². The van der Waals surface area contributed by atoms with E-state index in [0.29, 0.717) is 18.8 Å². The van der Waals surface area contributed by atoms with Crippen molar-refractivity contribution in [1.29, 1.82) is 0 Å². The first-order valence-corrected chi connectivity index (χ1v) is 12.3. The number of alkyl halides is 3. The maximum Gasteiger partial charge on any atom is 0.433 e. The molecule has 1 unspecified atom stereocenters. The van der Waals surface area contributed by atoms with Crippen molar-refractivity contribution in [2.45, 2.75) is 43.4 Å². The average molecular weight is 505 g/mol. The van der Waals surface area contributed by atoms with E-state index < -0.39 is 52.6 Å². The molecule has 0 bridgehead atoms. The molecule has 2 aromatic rings. The molecular formula is C21H27F3N4O5S. The summed E-state index contributed by atoms with van der Waals surface area (Å²) in [5.41, 5.74) is -0.728. The van der Waals surface area contributed by atoms with Crippen LogP contribution in [-0.2, 0) is 34.0 Å². The molecule has 3 rings (SSSR count). The molecule has 1 fully saturated rings. The lowest BCUT2D eigenvalue weighted by molar-refractivity contribution is -0.142. The van der Waals surface area contributed by atoms with Gasteiger partial charge in [-0.05, 0) is 24.6 Å². The van der Waals surface area contributed by atoms with Gasteiger partial charge in [0.15, 0.2) is 15.5 Å². The van der Waals surface area contributed by atoms with Crippen LogP contribution in [-0.4, -0.2) is 73.7 Å². The van der Waals surface area contributed by atoms with Crippen molar-refractivity contribution in [3.05, 3.63) is 41.2 Å². The second-order valence-electron chi connectivity index (χ2n) is 8.07. The highest BCUT2D eigenvalue weighted by Crippen LogP contribution is 2.33. The fourth-order valence-corrected chi connectivity index (χ4v) is 4.91. The summed E-state index contributed by atoms with van der Waals surface area (Å²) in [4.78, 5) is 11.3. The lowest BCUT2D eigenvalue weighted by atomic mass is 10.1. The van der Waals surface area contributed by atoms with Gasteiger partial charge in [0.2, 0.25) is 5.95 Å². The second-order valence-corrected chi connectivity index (χ2v) is 10.1. The average Bonchev–Trinajstić information content (AvgIpc) is 2.81. The van der Waals surface area contributed by atoms with Crippen molar-refractivity contribution in [3.8, 4) is 0 Å². The Bertz CT molecular complexity index is 1130. The molecule has 0 saturated carbocycles. The van der Waals surface area contributed by atoms with Crippen molar-refractivity contribution < 1.29 is 36.5 Å². The maximum atomic E-state index is 13.5. The molecule has 1 aromatic heterocycles. The third-order valence-electron chi connectivity index (χ3n) is 5.87. The fraction of sp³-hybridized carbons (Fsp3) is 0.524. The van der Waals surface area contributed by atoms with Crippen LogP contribution in [0.25, 0.3) is 0 Å². The minimum Gasteiger partial charge on any atom is -0.392 e. The van der Waals surface area contributed by atoms with E-state index in [1.54, 1.807) is 24.0 Å². The quantitative estimate of drug-likeness (QED) is 0.580.